The maximum atomic E-state index is 6.27. The molecule has 0 unspecified atom stereocenters. The Labute approximate surface area is 137 Å². The number of rotatable bonds is 0. The van der Waals surface area contributed by atoms with Crippen LogP contribution in [0.5, 0.6) is 0 Å². The topological polar surface area (TPSA) is 28.9 Å². The smallest absolute Gasteiger partial charge is 0.160 e. The van der Waals surface area contributed by atoms with E-state index in [0.717, 1.165) is 22.2 Å². The van der Waals surface area contributed by atoms with E-state index in [9.17, 15) is 0 Å². The monoisotopic (exact) mass is 307 g/mol. The van der Waals surface area contributed by atoms with Gasteiger partial charge in [0.1, 0.15) is 5.58 Å². The highest BCUT2D eigenvalue weighted by atomic mass is 16.3. The number of hydrogen-bond acceptors (Lipinski definition) is 1. The van der Waals surface area contributed by atoms with Crippen LogP contribution in [0.3, 0.4) is 0 Å². The van der Waals surface area contributed by atoms with Gasteiger partial charge in [0.25, 0.3) is 0 Å². The third-order valence-corrected chi connectivity index (χ3v) is 4.99. The standard InChI is InChI=1S/C22H13NO/c1-2-8-14-13(7-1)19-15-9-3-5-11-17(15)23-21(19)22-20(14)16-10-4-6-12-18(16)24-22/h1-12,23H. The van der Waals surface area contributed by atoms with E-state index in [-0.39, 0.29) is 0 Å². The van der Waals surface area contributed by atoms with Crippen molar-refractivity contribution in [2.75, 3.05) is 0 Å². The Morgan fingerprint density at radius 2 is 1.21 bits per heavy atom. The fourth-order valence-corrected chi connectivity index (χ4v) is 4.00. The number of furan rings is 1. The molecule has 0 radical (unpaired) electrons. The van der Waals surface area contributed by atoms with Gasteiger partial charge in [0, 0.05) is 27.1 Å². The normalized spacial score (nSPS) is 12.2. The van der Waals surface area contributed by atoms with Gasteiger partial charge in [-0.25, -0.2) is 0 Å². The molecular formula is C22H13NO. The van der Waals surface area contributed by atoms with Gasteiger partial charge in [-0.3, -0.25) is 0 Å². The first-order valence-electron chi connectivity index (χ1n) is 8.14. The van der Waals surface area contributed by atoms with Crippen molar-refractivity contribution in [1.29, 1.82) is 0 Å². The van der Waals surface area contributed by atoms with E-state index in [1.165, 1.54) is 32.3 Å². The van der Waals surface area contributed by atoms with E-state index in [4.69, 9.17) is 4.42 Å². The van der Waals surface area contributed by atoms with Gasteiger partial charge in [-0.2, -0.15) is 0 Å². The maximum absolute atomic E-state index is 6.27. The molecule has 112 valence electrons. The highest BCUT2D eigenvalue weighted by Gasteiger charge is 2.18. The van der Waals surface area contributed by atoms with Crippen LogP contribution in [0.15, 0.2) is 77.2 Å². The Morgan fingerprint density at radius 3 is 2.04 bits per heavy atom. The summed E-state index contributed by atoms with van der Waals surface area (Å²) in [5, 5.41) is 7.36. The minimum Gasteiger partial charge on any atom is -0.454 e. The van der Waals surface area contributed by atoms with Crippen molar-refractivity contribution in [1.82, 2.24) is 4.98 Å². The zero-order valence-corrected chi connectivity index (χ0v) is 12.8. The number of H-pyrrole nitrogens is 1. The summed E-state index contributed by atoms with van der Waals surface area (Å²) < 4.78 is 6.27. The first-order valence-corrected chi connectivity index (χ1v) is 8.14. The summed E-state index contributed by atoms with van der Waals surface area (Å²) in [7, 11) is 0. The Bertz CT molecular complexity index is 1290. The molecule has 0 aliphatic heterocycles. The molecule has 4 aromatic carbocycles. The van der Waals surface area contributed by atoms with Crippen LogP contribution in [0.1, 0.15) is 0 Å². The number of aromatic nitrogens is 1. The van der Waals surface area contributed by atoms with Crippen LogP contribution in [0.4, 0.5) is 0 Å². The second-order valence-corrected chi connectivity index (χ2v) is 6.27. The largest absolute Gasteiger partial charge is 0.454 e. The number of aromatic amines is 1. The molecule has 6 aromatic rings. The highest BCUT2D eigenvalue weighted by molar-refractivity contribution is 6.34. The van der Waals surface area contributed by atoms with Gasteiger partial charge in [-0.05, 0) is 22.9 Å². The lowest BCUT2D eigenvalue weighted by Gasteiger charge is -2.03. The molecule has 0 saturated heterocycles. The average Bonchev–Trinajstić information content (AvgIpc) is 3.21. The minimum atomic E-state index is 0.934. The third kappa shape index (κ3) is 1.36. The SMILES string of the molecule is c1ccc2c(c1)[nH]c1c3oc4ccccc4c3c3ccccc3c21. The molecule has 0 aliphatic carbocycles. The molecule has 0 saturated carbocycles. The second-order valence-electron chi connectivity index (χ2n) is 6.27. The van der Waals surface area contributed by atoms with Gasteiger partial charge >= 0.3 is 0 Å². The quantitative estimate of drug-likeness (QED) is 0.347. The first kappa shape index (κ1) is 12.2. The lowest BCUT2D eigenvalue weighted by atomic mass is 9.99. The van der Waals surface area contributed by atoms with Crippen LogP contribution in [0.25, 0.3) is 54.5 Å². The summed E-state index contributed by atoms with van der Waals surface area (Å²) >= 11 is 0. The lowest BCUT2D eigenvalue weighted by Crippen LogP contribution is -1.78. The molecule has 1 N–H and O–H groups in total. The lowest BCUT2D eigenvalue weighted by molar-refractivity contribution is 0.672. The zero-order valence-electron chi connectivity index (χ0n) is 12.8. The van der Waals surface area contributed by atoms with Crippen LogP contribution in [-0.2, 0) is 0 Å². The molecule has 2 heteroatoms. The van der Waals surface area contributed by atoms with Crippen molar-refractivity contribution in [3.8, 4) is 0 Å². The van der Waals surface area contributed by atoms with Crippen LogP contribution < -0.4 is 0 Å². The summed E-state index contributed by atoms with van der Waals surface area (Å²) in [5.41, 5.74) is 4.11. The maximum Gasteiger partial charge on any atom is 0.160 e. The van der Waals surface area contributed by atoms with Crippen molar-refractivity contribution >= 4 is 54.5 Å². The summed E-state index contributed by atoms with van der Waals surface area (Å²) in [6.45, 7) is 0. The van der Waals surface area contributed by atoms with Gasteiger partial charge in [0.2, 0.25) is 0 Å². The van der Waals surface area contributed by atoms with Crippen molar-refractivity contribution < 1.29 is 4.42 Å². The van der Waals surface area contributed by atoms with Crippen molar-refractivity contribution in [3.05, 3.63) is 72.8 Å². The van der Waals surface area contributed by atoms with Gasteiger partial charge in [0.05, 0.1) is 5.52 Å². The van der Waals surface area contributed by atoms with E-state index in [0.29, 0.717) is 0 Å². The van der Waals surface area contributed by atoms with E-state index in [1.54, 1.807) is 0 Å². The van der Waals surface area contributed by atoms with Crippen LogP contribution >= 0.6 is 0 Å². The molecule has 2 nitrogen and oxygen atoms in total. The number of para-hydroxylation sites is 2. The molecule has 0 spiro atoms. The Balaban J connectivity index is 2.07. The predicted molar refractivity (Wildman–Crippen MR) is 101 cm³/mol. The van der Waals surface area contributed by atoms with E-state index in [2.05, 4.69) is 65.6 Å². The molecular weight excluding hydrogens is 294 g/mol. The van der Waals surface area contributed by atoms with Crippen molar-refractivity contribution in [2.24, 2.45) is 0 Å². The average molecular weight is 307 g/mol. The van der Waals surface area contributed by atoms with E-state index in [1.807, 2.05) is 12.1 Å². The van der Waals surface area contributed by atoms with Crippen LogP contribution in [-0.4, -0.2) is 4.98 Å². The zero-order chi connectivity index (χ0) is 15.7. The number of nitrogens with one attached hydrogen (secondary N) is 1. The molecule has 24 heavy (non-hydrogen) atoms. The molecule has 0 bridgehead atoms. The summed E-state index contributed by atoms with van der Waals surface area (Å²) in [4.78, 5) is 3.58. The minimum absolute atomic E-state index is 0.934. The van der Waals surface area contributed by atoms with Gasteiger partial charge in [-0.15, -0.1) is 0 Å². The van der Waals surface area contributed by atoms with E-state index < -0.39 is 0 Å². The number of hydrogen-bond donors (Lipinski definition) is 1. The fraction of sp³-hybridized carbons (Fsp3) is 0. The number of fused-ring (bicyclic) bond motifs is 10. The van der Waals surface area contributed by atoms with Gasteiger partial charge < -0.3 is 9.40 Å². The third-order valence-electron chi connectivity index (χ3n) is 4.99. The molecule has 2 aromatic heterocycles. The van der Waals surface area contributed by atoms with Crippen LogP contribution in [0.2, 0.25) is 0 Å². The van der Waals surface area contributed by atoms with E-state index >= 15 is 0 Å². The Kier molecular flexibility index (Phi) is 2.12. The predicted octanol–water partition coefficient (Wildman–Crippen LogP) is 6.37. The molecule has 2 heterocycles. The molecule has 0 fully saturated rings. The summed E-state index contributed by atoms with van der Waals surface area (Å²) in [6.07, 6.45) is 0. The second kappa shape index (κ2) is 4.18. The van der Waals surface area contributed by atoms with Crippen LogP contribution in [0, 0.1) is 0 Å². The number of benzene rings is 4. The molecule has 0 amide bonds. The van der Waals surface area contributed by atoms with Gasteiger partial charge in [0.15, 0.2) is 5.58 Å². The summed E-state index contributed by atoms with van der Waals surface area (Å²) in [6, 6.07) is 25.3. The van der Waals surface area contributed by atoms with Gasteiger partial charge in [-0.1, -0.05) is 60.7 Å². The molecule has 6 rings (SSSR count). The summed E-state index contributed by atoms with van der Waals surface area (Å²) in [5.74, 6) is 0. The van der Waals surface area contributed by atoms with Crippen molar-refractivity contribution in [2.45, 2.75) is 0 Å². The first-order chi connectivity index (χ1) is 11.9. The van der Waals surface area contributed by atoms with Crippen molar-refractivity contribution in [3.63, 3.8) is 0 Å². The Hall–Kier alpha value is -3.26. The molecule has 0 atom stereocenters. The molecule has 0 aliphatic rings. The fourth-order valence-electron chi connectivity index (χ4n) is 4.00. The highest BCUT2D eigenvalue weighted by Crippen LogP contribution is 2.42. The Morgan fingerprint density at radius 1 is 0.583 bits per heavy atom.